The van der Waals surface area contributed by atoms with E-state index in [0.717, 1.165) is 12.1 Å². The van der Waals surface area contributed by atoms with Crippen LogP contribution in [-0.2, 0) is 6.18 Å². The van der Waals surface area contributed by atoms with Gasteiger partial charge in [-0.1, -0.05) is 11.8 Å². The Morgan fingerprint density at radius 2 is 1.71 bits per heavy atom. The molecule has 1 aromatic rings. The molecule has 0 amide bonds. The van der Waals surface area contributed by atoms with Crippen molar-refractivity contribution in [3.05, 3.63) is 34.9 Å². The highest BCUT2D eigenvalue weighted by Crippen LogP contribution is 2.30. The molecule has 0 saturated heterocycles. The number of hydrogen-bond acceptors (Lipinski definition) is 1. The average molecular weight is 242 g/mol. The SMILES string of the molecule is Cc1cc(C#CC(C)(C)O)cc(C(F)(F)F)c1. The fraction of sp³-hybridized carbons (Fsp3) is 0.385. The summed E-state index contributed by atoms with van der Waals surface area (Å²) in [7, 11) is 0. The average Bonchev–Trinajstić information content (AvgIpc) is 2.11. The normalized spacial score (nSPS) is 11.9. The minimum atomic E-state index is -4.38. The molecule has 0 aliphatic carbocycles. The van der Waals surface area contributed by atoms with Gasteiger partial charge in [0.15, 0.2) is 0 Å². The zero-order valence-electron chi connectivity index (χ0n) is 9.81. The molecule has 0 atom stereocenters. The molecule has 92 valence electrons. The Morgan fingerprint density at radius 1 is 1.12 bits per heavy atom. The summed E-state index contributed by atoms with van der Waals surface area (Å²) in [6.45, 7) is 4.52. The Morgan fingerprint density at radius 3 is 2.18 bits per heavy atom. The van der Waals surface area contributed by atoms with Crippen LogP contribution in [0.4, 0.5) is 13.2 Å². The Kier molecular flexibility index (Phi) is 3.53. The van der Waals surface area contributed by atoms with Crippen molar-refractivity contribution in [3.63, 3.8) is 0 Å². The first-order chi connectivity index (χ1) is 7.58. The van der Waals surface area contributed by atoms with E-state index in [2.05, 4.69) is 11.8 Å². The van der Waals surface area contributed by atoms with Crippen LogP contribution in [0.1, 0.15) is 30.5 Å². The molecule has 0 aliphatic rings. The van der Waals surface area contributed by atoms with E-state index in [4.69, 9.17) is 0 Å². The predicted molar refractivity (Wildman–Crippen MR) is 59.4 cm³/mol. The molecule has 0 radical (unpaired) electrons. The molecule has 0 unspecified atom stereocenters. The van der Waals surface area contributed by atoms with Gasteiger partial charge in [-0.3, -0.25) is 0 Å². The second-order valence-corrected chi connectivity index (χ2v) is 4.39. The lowest BCUT2D eigenvalue weighted by Crippen LogP contribution is -2.14. The van der Waals surface area contributed by atoms with Crippen LogP contribution in [0.3, 0.4) is 0 Å². The maximum absolute atomic E-state index is 12.5. The van der Waals surface area contributed by atoms with E-state index in [1.165, 1.54) is 13.8 Å². The quantitative estimate of drug-likeness (QED) is 0.693. The summed E-state index contributed by atoms with van der Waals surface area (Å²) >= 11 is 0. The van der Waals surface area contributed by atoms with Crippen molar-refractivity contribution in [2.75, 3.05) is 0 Å². The summed E-state index contributed by atoms with van der Waals surface area (Å²) in [4.78, 5) is 0. The van der Waals surface area contributed by atoms with Crippen molar-refractivity contribution >= 4 is 0 Å². The molecule has 0 aromatic heterocycles. The Bertz CT molecular complexity index is 470. The van der Waals surface area contributed by atoms with Gasteiger partial charge in [0.05, 0.1) is 5.56 Å². The third kappa shape index (κ3) is 4.49. The molecule has 0 heterocycles. The van der Waals surface area contributed by atoms with Gasteiger partial charge >= 0.3 is 6.18 Å². The molecule has 0 bridgehead atoms. The summed E-state index contributed by atoms with van der Waals surface area (Å²) < 4.78 is 37.6. The minimum Gasteiger partial charge on any atom is -0.378 e. The van der Waals surface area contributed by atoms with E-state index in [-0.39, 0.29) is 5.56 Å². The van der Waals surface area contributed by atoms with Crippen molar-refractivity contribution < 1.29 is 18.3 Å². The van der Waals surface area contributed by atoms with Gasteiger partial charge in [0.25, 0.3) is 0 Å². The molecule has 1 rings (SSSR count). The molecule has 4 heteroatoms. The van der Waals surface area contributed by atoms with E-state index in [0.29, 0.717) is 5.56 Å². The van der Waals surface area contributed by atoms with Crippen molar-refractivity contribution in [2.24, 2.45) is 0 Å². The van der Waals surface area contributed by atoms with Crippen LogP contribution in [-0.4, -0.2) is 10.7 Å². The highest BCUT2D eigenvalue weighted by molar-refractivity contribution is 5.42. The first kappa shape index (κ1) is 13.6. The summed E-state index contributed by atoms with van der Waals surface area (Å²) in [6, 6.07) is 3.59. The lowest BCUT2D eigenvalue weighted by Gasteiger charge is -2.09. The Labute approximate surface area is 98.3 Å². The van der Waals surface area contributed by atoms with Gasteiger partial charge in [-0.05, 0) is 44.5 Å². The van der Waals surface area contributed by atoms with E-state index in [9.17, 15) is 18.3 Å². The maximum atomic E-state index is 12.5. The van der Waals surface area contributed by atoms with Gasteiger partial charge in [0.1, 0.15) is 5.60 Å². The maximum Gasteiger partial charge on any atom is 0.416 e. The molecular formula is C13H13F3O. The Hall–Kier alpha value is -1.47. The number of aliphatic hydroxyl groups is 1. The van der Waals surface area contributed by atoms with Gasteiger partial charge in [-0.25, -0.2) is 0 Å². The molecule has 1 N–H and O–H groups in total. The topological polar surface area (TPSA) is 20.2 Å². The first-order valence-electron chi connectivity index (χ1n) is 5.02. The lowest BCUT2D eigenvalue weighted by molar-refractivity contribution is -0.137. The zero-order valence-corrected chi connectivity index (χ0v) is 9.81. The lowest BCUT2D eigenvalue weighted by atomic mass is 10.0. The van der Waals surface area contributed by atoms with E-state index < -0.39 is 17.3 Å². The van der Waals surface area contributed by atoms with Crippen LogP contribution in [0, 0.1) is 18.8 Å². The summed E-state index contributed by atoms with van der Waals surface area (Å²) in [6.07, 6.45) is -4.38. The molecule has 0 saturated carbocycles. The number of aryl methyl sites for hydroxylation is 1. The van der Waals surface area contributed by atoms with Crippen molar-refractivity contribution in [2.45, 2.75) is 32.5 Å². The van der Waals surface area contributed by atoms with Crippen LogP contribution in [0.25, 0.3) is 0 Å². The molecule has 0 spiro atoms. The van der Waals surface area contributed by atoms with Gasteiger partial charge in [-0.2, -0.15) is 13.2 Å². The Balaban J connectivity index is 3.18. The molecule has 1 nitrogen and oxygen atoms in total. The number of rotatable bonds is 0. The third-order valence-electron chi connectivity index (χ3n) is 1.92. The first-order valence-corrected chi connectivity index (χ1v) is 5.02. The van der Waals surface area contributed by atoms with Crippen LogP contribution in [0.2, 0.25) is 0 Å². The van der Waals surface area contributed by atoms with Crippen LogP contribution >= 0.6 is 0 Å². The van der Waals surface area contributed by atoms with Crippen LogP contribution in [0.5, 0.6) is 0 Å². The summed E-state index contributed by atoms with van der Waals surface area (Å²) in [5, 5.41) is 9.38. The summed E-state index contributed by atoms with van der Waals surface area (Å²) in [5.74, 6) is 5.02. The third-order valence-corrected chi connectivity index (χ3v) is 1.92. The van der Waals surface area contributed by atoms with Crippen LogP contribution < -0.4 is 0 Å². The van der Waals surface area contributed by atoms with Crippen molar-refractivity contribution in [1.29, 1.82) is 0 Å². The molecule has 17 heavy (non-hydrogen) atoms. The minimum absolute atomic E-state index is 0.249. The number of hydrogen-bond donors (Lipinski definition) is 1. The van der Waals surface area contributed by atoms with E-state index in [1.807, 2.05) is 0 Å². The van der Waals surface area contributed by atoms with Gasteiger partial charge in [0, 0.05) is 5.56 Å². The second-order valence-electron chi connectivity index (χ2n) is 4.39. The number of halogens is 3. The zero-order chi connectivity index (χ0) is 13.3. The molecule has 0 fully saturated rings. The molecule has 1 aromatic carbocycles. The fourth-order valence-electron chi connectivity index (χ4n) is 1.24. The molecule has 0 aliphatic heterocycles. The van der Waals surface area contributed by atoms with E-state index >= 15 is 0 Å². The van der Waals surface area contributed by atoms with Gasteiger partial charge in [0.2, 0.25) is 0 Å². The monoisotopic (exact) mass is 242 g/mol. The van der Waals surface area contributed by atoms with Crippen molar-refractivity contribution in [1.82, 2.24) is 0 Å². The smallest absolute Gasteiger partial charge is 0.378 e. The molecular weight excluding hydrogens is 229 g/mol. The van der Waals surface area contributed by atoms with E-state index in [1.54, 1.807) is 13.0 Å². The fourth-order valence-corrected chi connectivity index (χ4v) is 1.24. The van der Waals surface area contributed by atoms with Crippen molar-refractivity contribution in [3.8, 4) is 11.8 Å². The van der Waals surface area contributed by atoms with Gasteiger partial charge < -0.3 is 5.11 Å². The largest absolute Gasteiger partial charge is 0.416 e. The predicted octanol–water partition coefficient (Wildman–Crippen LogP) is 3.14. The van der Waals surface area contributed by atoms with Crippen LogP contribution in [0.15, 0.2) is 18.2 Å². The highest BCUT2D eigenvalue weighted by atomic mass is 19.4. The van der Waals surface area contributed by atoms with Gasteiger partial charge in [-0.15, -0.1) is 0 Å². The second kappa shape index (κ2) is 4.42. The number of alkyl halides is 3. The number of benzene rings is 1. The summed E-state index contributed by atoms with van der Waals surface area (Å²) in [5.41, 5.74) is -1.21. The highest BCUT2D eigenvalue weighted by Gasteiger charge is 2.30. The standard InChI is InChI=1S/C13H13F3O/c1-9-6-10(4-5-12(2,3)17)8-11(7-9)13(14,15)16/h6-8,17H,1-3H3.